The van der Waals surface area contributed by atoms with Crippen LogP contribution in [0.4, 0.5) is 5.69 Å². The first-order valence-corrected chi connectivity index (χ1v) is 13.8. The molecule has 0 amide bonds. The van der Waals surface area contributed by atoms with Crippen LogP contribution in [-0.2, 0) is 0 Å². The van der Waals surface area contributed by atoms with Gasteiger partial charge in [0.15, 0.2) is 11.5 Å². The van der Waals surface area contributed by atoms with E-state index in [1.165, 1.54) is 0 Å². The van der Waals surface area contributed by atoms with E-state index in [2.05, 4.69) is 59.7 Å². The average Bonchev–Trinajstić information content (AvgIpc) is 3.05. The van der Waals surface area contributed by atoms with Crippen LogP contribution in [0.15, 0.2) is 162 Å². The van der Waals surface area contributed by atoms with Crippen LogP contribution in [0.25, 0.3) is 39.5 Å². The van der Waals surface area contributed by atoms with E-state index in [1.54, 1.807) is 6.20 Å². The smallest absolute Gasteiger partial charge is 0.198 e. The molecule has 0 bridgehead atoms. The van der Waals surface area contributed by atoms with E-state index in [-0.39, 0.29) is 0 Å². The van der Waals surface area contributed by atoms with Gasteiger partial charge in [-0.1, -0.05) is 121 Å². The van der Waals surface area contributed by atoms with Gasteiger partial charge >= 0.3 is 0 Å². The largest absolute Gasteiger partial charge is 0.453 e. The van der Waals surface area contributed by atoms with Gasteiger partial charge in [0.25, 0.3) is 0 Å². The molecule has 6 aromatic rings. The van der Waals surface area contributed by atoms with Crippen LogP contribution in [0.1, 0.15) is 5.56 Å². The summed E-state index contributed by atoms with van der Waals surface area (Å²) in [6.07, 6.45) is 3.71. The van der Waals surface area contributed by atoms with E-state index in [1.807, 2.05) is 97.1 Å². The van der Waals surface area contributed by atoms with E-state index in [4.69, 9.17) is 14.6 Å². The molecule has 0 radical (unpaired) electrons. The lowest BCUT2D eigenvalue weighted by Crippen LogP contribution is -2.01. The minimum absolute atomic E-state index is 0.493. The van der Waals surface area contributed by atoms with Gasteiger partial charge in [-0.05, 0) is 52.6 Å². The number of para-hydroxylation sites is 2. The third-order valence-electron chi connectivity index (χ3n) is 7.14. The zero-order valence-electron chi connectivity index (χ0n) is 22.7. The molecule has 6 aromatic carbocycles. The molecule has 7 rings (SSSR count). The standard InChI is InChI=1S/C38H26N2O2/c1-5-16-28(17-6-1)33-34(29-18-7-2-8-19-29)37(41-30-20-9-3-10-21-30)38(42-31-22-11-4-12-23-31)36-35(33)32-24-14-13-15-27(32)25-26-39-40-36/h1-26H/b26-25-,27-25?,35-32?,39-26?,40-36?,40-39?. The van der Waals surface area contributed by atoms with Gasteiger partial charge in [0, 0.05) is 16.7 Å². The second-order valence-electron chi connectivity index (χ2n) is 9.81. The molecule has 0 N–H and O–H groups in total. The Hall–Kier alpha value is -5.74. The SMILES string of the molecule is C1=C\c2ccccc2-c2c(c(Oc3ccccc3)c(Oc3ccccc3)c(-c3ccccc3)c2-c2ccccc2)N=N/1. The van der Waals surface area contributed by atoms with Gasteiger partial charge in [0.1, 0.15) is 17.2 Å². The first kappa shape index (κ1) is 25.2. The lowest BCUT2D eigenvalue weighted by Gasteiger charge is -2.26. The molecule has 0 aliphatic carbocycles. The van der Waals surface area contributed by atoms with Gasteiger partial charge in [0.2, 0.25) is 0 Å². The Bertz CT molecular complexity index is 1900. The van der Waals surface area contributed by atoms with Crippen molar-refractivity contribution in [3.05, 3.63) is 157 Å². The molecule has 200 valence electrons. The monoisotopic (exact) mass is 542 g/mol. The van der Waals surface area contributed by atoms with Crippen molar-refractivity contribution >= 4 is 11.8 Å². The van der Waals surface area contributed by atoms with Crippen LogP contribution in [0.2, 0.25) is 0 Å². The predicted octanol–water partition coefficient (Wildman–Crippen LogP) is 11.3. The van der Waals surface area contributed by atoms with Crippen molar-refractivity contribution in [2.45, 2.75) is 0 Å². The lowest BCUT2D eigenvalue weighted by molar-refractivity contribution is 0.421. The number of hydrogen-bond acceptors (Lipinski definition) is 4. The Kier molecular flexibility index (Phi) is 6.85. The lowest BCUT2D eigenvalue weighted by atomic mass is 9.83. The number of ether oxygens (including phenoxy) is 2. The molecule has 0 fully saturated rings. The predicted molar refractivity (Wildman–Crippen MR) is 169 cm³/mol. The first-order chi connectivity index (χ1) is 20.9. The number of fused-ring (bicyclic) bond motifs is 3. The van der Waals surface area contributed by atoms with Gasteiger partial charge in [-0.15, -0.1) is 5.11 Å². The van der Waals surface area contributed by atoms with Crippen LogP contribution in [-0.4, -0.2) is 0 Å². The Morgan fingerprint density at radius 2 is 0.929 bits per heavy atom. The van der Waals surface area contributed by atoms with E-state index in [0.29, 0.717) is 28.7 Å². The number of benzene rings is 6. The van der Waals surface area contributed by atoms with Crippen molar-refractivity contribution in [1.29, 1.82) is 0 Å². The second kappa shape index (κ2) is 11.4. The molecular formula is C38H26N2O2. The third-order valence-corrected chi connectivity index (χ3v) is 7.14. The van der Waals surface area contributed by atoms with E-state index < -0.39 is 0 Å². The summed E-state index contributed by atoms with van der Waals surface area (Å²) < 4.78 is 13.6. The van der Waals surface area contributed by atoms with Gasteiger partial charge in [0.05, 0.1) is 6.20 Å². The molecule has 0 atom stereocenters. The highest BCUT2D eigenvalue weighted by molar-refractivity contribution is 6.06. The van der Waals surface area contributed by atoms with Gasteiger partial charge in [-0.3, -0.25) is 0 Å². The maximum atomic E-state index is 6.81. The molecule has 42 heavy (non-hydrogen) atoms. The fraction of sp³-hybridized carbons (Fsp3) is 0. The van der Waals surface area contributed by atoms with Crippen LogP contribution < -0.4 is 9.47 Å². The molecule has 0 aromatic heterocycles. The highest BCUT2D eigenvalue weighted by Crippen LogP contribution is 2.59. The van der Waals surface area contributed by atoms with Gasteiger partial charge in [-0.25, -0.2) is 0 Å². The van der Waals surface area contributed by atoms with Crippen LogP contribution in [0.5, 0.6) is 23.0 Å². The van der Waals surface area contributed by atoms with Crippen molar-refractivity contribution in [3.63, 3.8) is 0 Å². The minimum atomic E-state index is 0.493. The molecule has 4 nitrogen and oxygen atoms in total. The summed E-state index contributed by atoms with van der Waals surface area (Å²) >= 11 is 0. The molecular weight excluding hydrogens is 516 g/mol. The molecule has 1 heterocycles. The summed E-state index contributed by atoms with van der Waals surface area (Å²) in [7, 11) is 0. The number of nitrogens with zero attached hydrogens (tertiary/aromatic N) is 2. The van der Waals surface area contributed by atoms with Crippen molar-refractivity contribution < 1.29 is 9.47 Å². The fourth-order valence-corrected chi connectivity index (χ4v) is 5.30. The molecule has 1 aliphatic heterocycles. The number of hydrogen-bond donors (Lipinski definition) is 0. The fourth-order valence-electron chi connectivity index (χ4n) is 5.30. The quantitative estimate of drug-likeness (QED) is 0.210. The van der Waals surface area contributed by atoms with Crippen molar-refractivity contribution in [2.75, 3.05) is 0 Å². The zero-order valence-corrected chi connectivity index (χ0v) is 22.7. The summed E-state index contributed by atoms with van der Waals surface area (Å²) in [6, 6.07) is 48.5. The summed E-state index contributed by atoms with van der Waals surface area (Å²) in [4.78, 5) is 0. The summed E-state index contributed by atoms with van der Waals surface area (Å²) in [6.45, 7) is 0. The maximum Gasteiger partial charge on any atom is 0.198 e. The molecule has 4 heteroatoms. The van der Waals surface area contributed by atoms with Crippen molar-refractivity contribution in [1.82, 2.24) is 0 Å². The average molecular weight is 543 g/mol. The molecule has 0 unspecified atom stereocenters. The molecule has 0 saturated heterocycles. The van der Waals surface area contributed by atoms with Crippen molar-refractivity contribution in [3.8, 4) is 56.4 Å². The Morgan fingerprint density at radius 1 is 0.429 bits per heavy atom. The highest BCUT2D eigenvalue weighted by Gasteiger charge is 2.31. The molecule has 0 spiro atoms. The molecule has 0 saturated carbocycles. The molecule has 1 aliphatic rings. The Balaban J connectivity index is 1.68. The van der Waals surface area contributed by atoms with Gasteiger partial charge in [-0.2, -0.15) is 5.11 Å². The topological polar surface area (TPSA) is 43.2 Å². The Labute approximate surface area is 244 Å². The van der Waals surface area contributed by atoms with E-state index in [9.17, 15) is 0 Å². The van der Waals surface area contributed by atoms with Crippen molar-refractivity contribution in [2.24, 2.45) is 10.2 Å². The summed E-state index contributed by atoms with van der Waals surface area (Å²) in [5.74, 6) is 2.42. The number of azo groups is 1. The van der Waals surface area contributed by atoms with Crippen LogP contribution >= 0.6 is 0 Å². The minimum Gasteiger partial charge on any atom is -0.453 e. The van der Waals surface area contributed by atoms with Crippen LogP contribution in [0.3, 0.4) is 0 Å². The van der Waals surface area contributed by atoms with E-state index in [0.717, 1.165) is 38.9 Å². The normalized spacial score (nSPS) is 12.4. The van der Waals surface area contributed by atoms with Crippen LogP contribution in [0, 0.1) is 0 Å². The zero-order chi connectivity index (χ0) is 28.1. The highest BCUT2D eigenvalue weighted by atomic mass is 16.5. The second-order valence-corrected chi connectivity index (χ2v) is 9.81. The first-order valence-electron chi connectivity index (χ1n) is 13.8. The summed E-state index contributed by atoms with van der Waals surface area (Å²) in [5, 5.41) is 9.27. The summed E-state index contributed by atoms with van der Waals surface area (Å²) in [5.41, 5.74) is 7.52. The van der Waals surface area contributed by atoms with Gasteiger partial charge < -0.3 is 9.47 Å². The van der Waals surface area contributed by atoms with E-state index >= 15 is 0 Å². The Morgan fingerprint density at radius 3 is 1.55 bits per heavy atom. The maximum absolute atomic E-state index is 6.81. The number of rotatable bonds is 6. The third kappa shape index (κ3) is 4.87.